The predicted molar refractivity (Wildman–Crippen MR) is 141 cm³/mol. The van der Waals surface area contributed by atoms with Crippen LogP contribution in [-0.4, -0.2) is 23.6 Å². The summed E-state index contributed by atoms with van der Waals surface area (Å²) in [5, 5.41) is 1.47. The van der Waals surface area contributed by atoms with Gasteiger partial charge >= 0.3 is 0 Å². The highest BCUT2D eigenvalue weighted by Gasteiger charge is 2.39. The standard InChI is InChI=1S/C32H29NO3/c34-31-23-13-22-30(33(31)36-24-26-14-5-1-6-15-26)25-35-32(27-16-7-2-8-17-27,28-18-9-3-10-19-28)29-20-11-4-12-21-29/h1-22,30H,23-25H2/t30-/m0/s1. The Bertz CT molecular complexity index is 1180. The second-order valence-electron chi connectivity index (χ2n) is 8.77. The minimum atomic E-state index is -0.858. The number of ether oxygens (including phenoxy) is 1. The van der Waals surface area contributed by atoms with Gasteiger partial charge in [-0.15, -0.1) is 0 Å². The van der Waals surface area contributed by atoms with Gasteiger partial charge in [0.25, 0.3) is 5.91 Å². The third-order valence-corrected chi connectivity index (χ3v) is 6.42. The molecule has 1 amide bonds. The summed E-state index contributed by atoms with van der Waals surface area (Å²) in [7, 11) is 0. The van der Waals surface area contributed by atoms with E-state index >= 15 is 0 Å². The van der Waals surface area contributed by atoms with Gasteiger partial charge in [0, 0.05) is 6.42 Å². The van der Waals surface area contributed by atoms with E-state index in [1.807, 2.05) is 97.1 Å². The van der Waals surface area contributed by atoms with Gasteiger partial charge in [-0.1, -0.05) is 133 Å². The van der Waals surface area contributed by atoms with Crippen molar-refractivity contribution in [3.05, 3.63) is 156 Å². The zero-order chi connectivity index (χ0) is 24.6. The van der Waals surface area contributed by atoms with Gasteiger partial charge < -0.3 is 4.74 Å². The molecule has 1 aliphatic rings. The number of benzene rings is 4. The number of hydroxylamine groups is 2. The first kappa shape index (κ1) is 23.7. The molecule has 0 N–H and O–H groups in total. The Labute approximate surface area is 212 Å². The fourth-order valence-electron chi connectivity index (χ4n) is 4.67. The van der Waals surface area contributed by atoms with Crippen molar-refractivity contribution in [2.24, 2.45) is 0 Å². The average molecular weight is 476 g/mol. The van der Waals surface area contributed by atoms with E-state index in [0.717, 1.165) is 22.3 Å². The molecule has 5 rings (SSSR count). The van der Waals surface area contributed by atoms with E-state index in [2.05, 4.69) is 36.4 Å². The number of hydrogen-bond acceptors (Lipinski definition) is 3. The first-order valence-electron chi connectivity index (χ1n) is 12.2. The minimum absolute atomic E-state index is 0.0771. The molecule has 4 aromatic rings. The van der Waals surface area contributed by atoms with Gasteiger partial charge in [-0.25, -0.2) is 5.06 Å². The van der Waals surface area contributed by atoms with Crippen LogP contribution in [0.25, 0.3) is 0 Å². The Morgan fingerprint density at radius 2 is 1.17 bits per heavy atom. The summed E-state index contributed by atoms with van der Waals surface area (Å²) >= 11 is 0. The number of hydrogen-bond donors (Lipinski definition) is 0. The highest BCUT2D eigenvalue weighted by molar-refractivity contribution is 5.78. The Morgan fingerprint density at radius 1 is 0.694 bits per heavy atom. The van der Waals surface area contributed by atoms with Crippen molar-refractivity contribution in [2.75, 3.05) is 6.61 Å². The van der Waals surface area contributed by atoms with E-state index in [0.29, 0.717) is 13.0 Å². The fourth-order valence-corrected chi connectivity index (χ4v) is 4.67. The fraction of sp³-hybridized carbons (Fsp3) is 0.156. The van der Waals surface area contributed by atoms with Gasteiger partial charge in [-0.2, -0.15) is 0 Å². The topological polar surface area (TPSA) is 38.8 Å². The summed E-state index contributed by atoms with van der Waals surface area (Å²) in [4.78, 5) is 18.9. The van der Waals surface area contributed by atoms with Gasteiger partial charge in [-0.3, -0.25) is 9.63 Å². The molecular formula is C32H29NO3. The largest absolute Gasteiger partial charge is 0.358 e. The molecule has 0 unspecified atom stereocenters. The number of carbonyl (C=O) groups excluding carboxylic acids is 1. The highest BCUT2D eigenvalue weighted by atomic mass is 16.7. The zero-order valence-corrected chi connectivity index (χ0v) is 20.1. The number of nitrogens with zero attached hydrogens (tertiary/aromatic N) is 1. The lowest BCUT2D eigenvalue weighted by molar-refractivity contribution is -0.209. The smallest absolute Gasteiger partial charge is 0.250 e. The summed E-state index contributed by atoms with van der Waals surface area (Å²) < 4.78 is 6.93. The maximum Gasteiger partial charge on any atom is 0.250 e. The molecule has 1 heterocycles. The molecule has 0 saturated carbocycles. The van der Waals surface area contributed by atoms with Crippen LogP contribution in [0.5, 0.6) is 0 Å². The van der Waals surface area contributed by atoms with Gasteiger partial charge in [0.2, 0.25) is 0 Å². The molecule has 36 heavy (non-hydrogen) atoms. The van der Waals surface area contributed by atoms with Crippen molar-refractivity contribution in [1.82, 2.24) is 5.06 Å². The van der Waals surface area contributed by atoms with E-state index in [1.165, 1.54) is 5.06 Å². The minimum Gasteiger partial charge on any atom is -0.358 e. The molecule has 0 aliphatic carbocycles. The van der Waals surface area contributed by atoms with Crippen molar-refractivity contribution in [1.29, 1.82) is 0 Å². The molecule has 0 saturated heterocycles. The van der Waals surface area contributed by atoms with Gasteiger partial charge in [0.15, 0.2) is 0 Å². The Morgan fingerprint density at radius 3 is 1.67 bits per heavy atom. The van der Waals surface area contributed by atoms with Gasteiger partial charge in [0.1, 0.15) is 18.2 Å². The third kappa shape index (κ3) is 5.01. The molecule has 4 aromatic carbocycles. The van der Waals surface area contributed by atoms with Crippen LogP contribution in [0.1, 0.15) is 28.7 Å². The van der Waals surface area contributed by atoms with Crippen LogP contribution in [0.4, 0.5) is 0 Å². The molecule has 180 valence electrons. The van der Waals surface area contributed by atoms with Crippen LogP contribution in [0.15, 0.2) is 133 Å². The molecule has 0 radical (unpaired) electrons. The predicted octanol–water partition coefficient (Wildman–Crippen LogP) is 6.28. The average Bonchev–Trinajstić information content (AvgIpc) is 2.95. The SMILES string of the molecule is O=C1CC=C[C@@H](COC(c2ccccc2)(c2ccccc2)c2ccccc2)N1OCc1ccccc1. The zero-order valence-electron chi connectivity index (χ0n) is 20.1. The first-order chi connectivity index (χ1) is 17.8. The maximum atomic E-state index is 12.9. The number of amides is 1. The molecule has 0 bridgehead atoms. The maximum absolute atomic E-state index is 12.9. The lowest BCUT2D eigenvalue weighted by Gasteiger charge is -2.39. The van der Waals surface area contributed by atoms with Gasteiger partial charge in [0.05, 0.1) is 6.61 Å². The molecule has 1 atom stereocenters. The molecule has 0 aromatic heterocycles. The van der Waals surface area contributed by atoms with Crippen molar-refractivity contribution < 1.29 is 14.4 Å². The molecular weight excluding hydrogens is 446 g/mol. The van der Waals surface area contributed by atoms with Gasteiger partial charge in [-0.05, 0) is 22.3 Å². The monoisotopic (exact) mass is 475 g/mol. The molecule has 0 spiro atoms. The Hall–Kier alpha value is -3.99. The van der Waals surface area contributed by atoms with Crippen LogP contribution in [-0.2, 0) is 26.6 Å². The molecule has 4 heteroatoms. The van der Waals surface area contributed by atoms with E-state index < -0.39 is 5.60 Å². The first-order valence-corrected chi connectivity index (χ1v) is 12.2. The van der Waals surface area contributed by atoms with E-state index in [4.69, 9.17) is 9.57 Å². The van der Waals surface area contributed by atoms with Crippen molar-refractivity contribution in [2.45, 2.75) is 24.7 Å². The summed E-state index contributed by atoms with van der Waals surface area (Å²) in [5.74, 6) is -0.0771. The summed E-state index contributed by atoms with van der Waals surface area (Å²) in [6.07, 6.45) is 4.21. The van der Waals surface area contributed by atoms with E-state index in [9.17, 15) is 4.79 Å². The molecule has 0 fully saturated rings. The summed E-state index contributed by atoms with van der Waals surface area (Å²) in [5.41, 5.74) is 3.20. The van der Waals surface area contributed by atoms with Crippen LogP contribution >= 0.6 is 0 Å². The highest BCUT2D eigenvalue weighted by Crippen LogP contribution is 2.40. The molecule has 4 nitrogen and oxygen atoms in total. The van der Waals surface area contributed by atoms with Crippen molar-refractivity contribution in [3.63, 3.8) is 0 Å². The summed E-state index contributed by atoms with van der Waals surface area (Å²) in [6.45, 7) is 0.577. The van der Waals surface area contributed by atoms with Crippen LogP contribution in [0.3, 0.4) is 0 Å². The third-order valence-electron chi connectivity index (χ3n) is 6.42. The number of carbonyl (C=O) groups is 1. The Balaban J connectivity index is 1.49. The quantitative estimate of drug-likeness (QED) is 0.211. The van der Waals surface area contributed by atoms with Crippen LogP contribution < -0.4 is 0 Å². The molecule has 1 aliphatic heterocycles. The summed E-state index contributed by atoms with van der Waals surface area (Å²) in [6, 6.07) is 40.2. The lowest BCUT2D eigenvalue weighted by atomic mass is 9.80. The van der Waals surface area contributed by atoms with E-state index in [-0.39, 0.29) is 18.6 Å². The van der Waals surface area contributed by atoms with Crippen LogP contribution in [0, 0.1) is 0 Å². The van der Waals surface area contributed by atoms with Crippen LogP contribution in [0.2, 0.25) is 0 Å². The lowest BCUT2D eigenvalue weighted by Crippen LogP contribution is -2.46. The normalized spacial score (nSPS) is 15.7. The van der Waals surface area contributed by atoms with E-state index in [1.54, 1.807) is 0 Å². The van der Waals surface area contributed by atoms with Crippen molar-refractivity contribution >= 4 is 5.91 Å². The second-order valence-corrected chi connectivity index (χ2v) is 8.77. The Kier molecular flexibility index (Phi) is 7.36. The van der Waals surface area contributed by atoms with Crippen molar-refractivity contribution in [3.8, 4) is 0 Å². The second kappa shape index (κ2) is 11.2. The number of rotatable bonds is 9.